The van der Waals surface area contributed by atoms with Crippen LogP contribution < -0.4 is 0 Å². The summed E-state index contributed by atoms with van der Waals surface area (Å²) in [5.74, 6) is -0.633. The smallest absolute Gasteiger partial charge is 0.190 e. The number of benzene rings is 1. The molecular weight excluding hydrogens is 344 g/mol. The number of hydrogen-bond acceptors (Lipinski definition) is 4. The Morgan fingerprint density at radius 1 is 1.12 bits per heavy atom. The fraction of sp³-hybridized carbons (Fsp3) is 0.667. The molecule has 0 spiro atoms. The van der Waals surface area contributed by atoms with Crippen LogP contribution in [0, 0.1) is 5.92 Å². The molecule has 0 amide bonds. The van der Waals surface area contributed by atoms with Gasteiger partial charge in [-0.25, -0.2) is 0 Å². The van der Waals surface area contributed by atoms with Gasteiger partial charge in [0.1, 0.15) is 11.8 Å². The standard InChI is InChI=1S/C21H34O4Si/c1-14(2)20(3,4)26(7,8)19-17(23)18(24-21(5,6)25-19)16(22)15-12-10-9-11-13-15/h9-14,16,18-19,22H,1-8H3/t16-,18-,19-/m0/s1. The van der Waals surface area contributed by atoms with Gasteiger partial charge in [-0.2, -0.15) is 0 Å². The van der Waals surface area contributed by atoms with E-state index < -0.39 is 31.8 Å². The molecule has 3 atom stereocenters. The summed E-state index contributed by atoms with van der Waals surface area (Å²) in [6.45, 7) is 16.9. The lowest BCUT2D eigenvalue weighted by Crippen LogP contribution is -2.65. The number of aliphatic hydroxyl groups excluding tert-OH is 1. The number of carbonyl (C=O) groups excluding carboxylic acids is 1. The Labute approximate surface area is 158 Å². The summed E-state index contributed by atoms with van der Waals surface area (Å²) in [6.07, 6.45) is -1.91. The van der Waals surface area contributed by atoms with Crippen molar-refractivity contribution < 1.29 is 19.4 Å². The molecule has 0 aliphatic carbocycles. The quantitative estimate of drug-likeness (QED) is 0.767. The van der Waals surface area contributed by atoms with E-state index in [4.69, 9.17) is 9.47 Å². The molecule has 0 radical (unpaired) electrons. The van der Waals surface area contributed by atoms with Crippen LogP contribution >= 0.6 is 0 Å². The molecule has 0 aromatic heterocycles. The molecule has 1 fully saturated rings. The van der Waals surface area contributed by atoms with E-state index in [-0.39, 0.29) is 10.8 Å². The number of aliphatic hydroxyl groups is 1. The lowest BCUT2D eigenvalue weighted by molar-refractivity contribution is -0.281. The maximum absolute atomic E-state index is 13.4. The molecule has 0 bridgehead atoms. The molecular formula is C21H34O4Si. The number of rotatable bonds is 5. The monoisotopic (exact) mass is 378 g/mol. The topological polar surface area (TPSA) is 55.8 Å². The maximum Gasteiger partial charge on any atom is 0.190 e. The van der Waals surface area contributed by atoms with Gasteiger partial charge in [0.15, 0.2) is 17.7 Å². The summed E-state index contributed by atoms with van der Waals surface area (Å²) in [5, 5.41) is 10.8. The van der Waals surface area contributed by atoms with Crippen molar-refractivity contribution in [2.45, 2.75) is 83.4 Å². The van der Waals surface area contributed by atoms with Crippen LogP contribution in [-0.4, -0.2) is 36.6 Å². The molecule has 1 aliphatic heterocycles. The van der Waals surface area contributed by atoms with Crippen molar-refractivity contribution in [3.05, 3.63) is 35.9 Å². The lowest BCUT2D eigenvalue weighted by Gasteiger charge is -2.52. The first-order valence-electron chi connectivity index (χ1n) is 9.43. The van der Waals surface area contributed by atoms with E-state index in [0.29, 0.717) is 11.5 Å². The van der Waals surface area contributed by atoms with Crippen LogP contribution in [0.25, 0.3) is 0 Å². The van der Waals surface area contributed by atoms with Crippen LogP contribution in [0.1, 0.15) is 53.2 Å². The summed E-state index contributed by atoms with van der Waals surface area (Å²) in [4.78, 5) is 13.4. The second-order valence-corrected chi connectivity index (χ2v) is 14.5. The van der Waals surface area contributed by atoms with Gasteiger partial charge in [-0.3, -0.25) is 4.79 Å². The summed E-state index contributed by atoms with van der Waals surface area (Å²) in [6, 6.07) is 9.23. The number of ether oxygens (including phenoxy) is 2. The highest BCUT2D eigenvalue weighted by Gasteiger charge is 2.57. The first kappa shape index (κ1) is 21.3. The fourth-order valence-corrected chi connectivity index (χ4v) is 7.13. The molecule has 2 rings (SSSR count). The highest BCUT2D eigenvalue weighted by Crippen LogP contribution is 2.49. The van der Waals surface area contributed by atoms with E-state index >= 15 is 0 Å². The van der Waals surface area contributed by atoms with Crippen molar-refractivity contribution in [2.24, 2.45) is 5.92 Å². The summed E-state index contributed by atoms with van der Waals surface area (Å²) >= 11 is 0. The van der Waals surface area contributed by atoms with Crippen molar-refractivity contribution in [3.8, 4) is 0 Å². The van der Waals surface area contributed by atoms with E-state index in [1.165, 1.54) is 0 Å². The third kappa shape index (κ3) is 3.81. The van der Waals surface area contributed by atoms with E-state index in [0.717, 1.165) is 0 Å². The summed E-state index contributed by atoms with van der Waals surface area (Å²) in [5.41, 5.74) is 0.164. The minimum atomic E-state index is -2.20. The van der Waals surface area contributed by atoms with Crippen molar-refractivity contribution in [1.82, 2.24) is 0 Å². The van der Waals surface area contributed by atoms with Gasteiger partial charge in [-0.15, -0.1) is 0 Å². The van der Waals surface area contributed by atoms with Gasteiger partial charge in [-0.05, 0) is 30.4 Å². The van der Waals surface area contributed by atoms with Crippen molar-refractivity contribution in [3.63, 3.8) is 0 Å². The van der Waals surface area contributed by atoms with Gasteiger partial charge in [0.2, 0.25) is 0 Å². The van der Waals surface area contributed by atoms with Gasteiger partial charge in [0.25, 0.3) is 0 Å². The van der Waals surface area contributed by atoms with Crippen LogP contribution in [0.5, 0.6) is 0 Å². The zero-order valence-electron chi connectivity index (χ0n) is 17.4. The SMILES string of the molecule is CC(C)C(C)(C)[Si](C)(C)[C@@H]1OC(C)(C)O[C@@H]([C@@H](O)c2ccccc2)C1=O. The van der Waals surface area contributed by atoms with Crippen molar-refractivity contribution >= 4 is 13.9 Å². The Bertz CT molecular complexity index is 637. The number of hydrogen-bond donors (Lipinski definition) is 1. The molecule has 1 aliphatic rings. The molecule has 5 heteroatoms. The normalized spacial score (nSPS) is 25.4. The molecule has 1 N–H and O–H groups in total. The predicted octanol–water partition coefficient (Wildman–Crippen LogP) is 4.49. The van der Waals surface area contributed by atoms with Crippen LogP contribution in [0.15, 0.2) is 30.3 Å². The minimum absolute atomic E-state index is 0.0109. The lowest BCUT2D eigenvalue weighted by atomic mass is 9.99. The van der Waals surface area contributed by atoms with Gasteiger partial charge in [0, 0.05) is 0 Å². The van der Waals surface area contributed by atoms with Gasteiger partial charge in [-0.1, -0.05) is 71.1 Å². The number of ketones is 1. The van der Waals surface area contributed by atoms with Gasteiger partial charge >= 0.3 is 0 Å². The Kier molecular flexibility index (Phi) is 5.89. The molecule has 26 heavy (non-hydrogen) atoms. The third-order valence-electron chi connectivity index (χ3n) is 6.54. The Morgan fingerprint density at radius 3 is 2.15 bits per heavy atom. The van der Waals surface area contributed by atoms with Gasteiger partial charge < -0.3 is 14.6 Å². The molecule has 146 valence electrons. The van der Waals surface area contributed by atoms with E-state index in [1.807, 2.05) is 44.2 Å². The van der Waals surface area contributed by atoms with E-state index in [1.54, 1.807) is 0 Å². The maximum atomic E-state index is 13.4. The van der Waals surface area contributed by atoms with Crippen LogP contribution in [-0.2, 0) is 14.3 Å². The Morgan fingerprint density at radius 2 is 1.65 bits per heavy atom. The Hall–Kier alpha value is -1.01. The minimum Gasteiger partial charge on any atom is -0.385 e. The zero-order chi connectivity index (χ0) is 19.9. The molecule has 1 aromatic carbocycles. The van der Waals surface area contributed by atoms with Crippen LogP contribution in [0.3, 0.4) is 0 Å². The summed E-state index contributed by atoms with van der Waals surface area (Å²) < 4.78 is 12.1. The number of Topliss-reactive ketones (excluding diaryl/α,β-unsaturated/α-hetero) is 1. The first-order valence-corrected chi connectivity index (χ1v) is 12.5. The molecule has 1 heterocycles. The third-order valence-corrected chi connectivity index (χ3v) is 12.2. The first-order chi connectivity index (χ1) is 11.8. The molecule has 1 aromatic rings. The van der Waals surface area contributed by atoms with Crippen LogP contribution in [0.2, 0.25) is 18.1 Å². The van der Waals surface area contributed by atoms with Gasteiger partial charge in [0.05, 0.1) is 8.07 Å². The van der Waals surface area contributed by atoms with E-state index in [2.05, 4.69) is 40.8 Å². The van der Waals surface area contributed by atoms with Crippen molar-refractivity contribution in [1.29, 1.82) is 0 Å². The highest BCUT2D eigenvalue weighted by molar-refractivity contribution is 6.84. The molecule has 0 unspecified atom stereocenters. The summed E-state index contributed by atoms with van der Waals surface area (Å²) in [7, 11) is -2.20. The number of carbonyl (C=O) groups is 1. The highest BCUT2D eigenvalue weighted by atomic mass is 28.3. The van der Waals surface area contributed by atoms with E-state index in [9.17, 15) is 9.90 Å². The predicted molar refractivity (Wildman–Crippen MR) is 107 cm³/mol. The zero-order valence-corrected chi connectivity index (χ0v) is 18.4. The molecule has 1 saturated heterocycles. The Balaban J connectivity index is 2.41. The largest absolute Gasteiger partial charge is 0.385 e. The second kappa shape index (κ2) is 7.19. The molecule has 0 saturated carbocycles. The fourth-order valence-electron chi connectivity index (χ4n) is 3.51. The van der Waals surface area contributed by atoms with Crippen LogP contribution in [0.4, 0.5) is 0 Å². The average Bonchev–Trinajstić information content (AvgIpc) is 2.56. The van der Waals surface area contributed by atoms with Crippen molar-refractivity contribution in [2.75, 3.05) is 0 Å². The average molecular weight is 379 g/mol. The molecule has 4 nitrogen and oxygen atoms in total. The second-order valence-electron chi connectivity index (χ2n) is 9.29.